The van der Waals surface area contributed by atoms with Crippen LogP contribution in [0.3, 0.4) is 0 Å². The minimum Gasteiger partial charge on any atom is -0.493 e. The molecule has 0 radical (unpaired) electrons. The van der Waals surface area contributed by atoms with Crippen molar-refractivity contribution in [2.45, 2.75) is 22.8 Å². The number of nitrogens with one attached hydrogen (secondary N) is 1. The van der Waals surface area contributed by atoms with Crippen LogP contribution in [0.25, 0.3) is 0 Å². The third-order valence-corrected chi connectivity index (χ3v) is 8.57. The second-order valence-electron chi connectivity index (χ2n) is 8.07. The number of methoxy groups -OCH3 is 2. The quantitative estimate of drug-likeness (QED) is 0.448. The Hall–Kier alpha value is -3.57. The summed E-state index contributed by atoms with van der Waals surface area (Å²) in [6.45, 7) is 1.78. The van der Waals surface area contributed by atoms with E-state index in [0.29, 0.717) is 22.7 Å². The topological polar surface area (TPSA) is 119 Å². The minimum atomic E-state index is -3.90. The van der Waals surface area contributed by atoms with E-state index in [9.17, 15) is 21.6 Å². The Labute approximate surface area is 211 Å². The first-order valence-electron chi connectivity index (χ1n) is 10.8. The fourth-order valence-electron chi connectivity index (χ4n) is 3.46. The fraction of sp³-hybridized carbons (Fsp3) is 0.240. The van der Waals surface area contributed by atoms with Crippen molar-refractivity contribution in [3.63, 3.8) is 0 Å². The molecule has 3 aromatic rings. The largest absolute Gasteiger partial charge is 0.493 e. The van der Waals surface area contributed by atoms with Crippen LogP contribution in [-0.4, -0.2) is 50.3 Å². The molecule has 1 N–H and O–H groups in total. The summed E-state index contributed by atoms with van der Waals surface area (Å²) in [7, 11) is -2.89. The van der Waals surface area contributed by atoms with Gasteiger partial charge in [0.05, 0.1) is 35.7 Å². The highest BCUT2D eigenvalue weighted by Crippen LogP contribution is 2.31. The third-order valence-electron chi connectivity index (χ3n) is 5.66. The van der Waals surface area contributed by atoms with Crippen LogP contribution in [0.5, 0.6) is 11.5 Å². The SMILES string of the molecule is COc1ccc(S(=O)(=O)N(C)c2ccc(C(=O)N[C@H](C)c3ccc(S(C)(=O)=O)cc3)cc2)cc1OC. The van der Waals surface area contributed by atoms with Crippen LogP contribution in [0.15, 0.2) is 76.5 Å². The molecule has 0 spiro atoms. The van der Waals surface area contributed by atoms with Crippen LogP contribution in [-0.2, 0) is 19.9 Å². The lowest BCUT2D eigenvalue weighted by atomic mass is 10.1. The third kappa shape index (κ3) is 5.80. The molecule has 11 heteroatoms. The Kier molecular flexibility index (Phi) is 7.95. The number of carbonyl (C=O) groups excluding carboxylic acids is 1. The van der Waals surface area contributed by atoms with Crippen molar-refractivity contribution < 1.29 is 31.1 Å². The summed E-state index contributed by atoms with van der Waals surface area (Å²) in [4.78, 5) is 12.9. The van der Waals surface area contributed by atoms with Gasteiger partial charge in [-0.2, -0.15) is 0 Å². The first-order valence-corrected chi connectivity index (χ1v) is 14.1. The van der Waals surface area contributed by atoms with E-state index in [1.54, 1.807) is 31.2 Å². The summed E-state index contributed by atoms with van der Waals surface area (Å²) < 4.78 is 61.0. The molecule has 0 heterocycles. The lowest BCUT2D eigenvalue weighted by molar-refractivity contribution is 0.0940. The van der Waals surface area contributed by atoms with E-state index < -0.39 is 19.9 Å². The van der Waals surface area contributed by atoms with E-state index in [2.05, 4.69) is 5.32 Å². The fourth-order valence-corrected chi connectivity index (χ4v) is 5.31. The molecule has 1 amide bonds. The van der Waals surface area contributed by atoms with Crippen molar-refractivity contribution in [1.82, 2.24) is 5.32 Å². The maximum atomic E-state index is 13.1. The van der Waals surface area contributed by atoms with E-state index in [0.717, 1.165) is 16.1 Å². The number of carbonyl (C=O) groups is 1. The molecule has 0 aromatic heterocycles. The molecular weight excluding hydrogens is 504 g/mol. The van der Waals surface area contributed by atoms with Gasteiger partial charge >= 0.3 is 0 Å². The van der Waals surface area contributed by atoms with Crippen molar-refractivity contribution in [2.24, 2.45) is 0 Å². The van der Waals surface area contributed by atoms with Crippen LogP contribution in [0.4, 0.5) is 5.69 Å². The summed E-state index contributed by atoms with van der Waals surface area (Å²) in [5, 5.41) is 2.85. The first-order chi connectivity index (χ1) is 16.9. The number of amides is 1. The van der Waals surface area contributed by atoms with E-state index in [1.165, 1.54) is 63.7 Å². The van der Waals surface area contributed by atoms with Gasteiger partial charge in [-0.3, -0.25) is 9.10 Å². The molecule has 0 saturated carbocycles. The molecule has 0 fully saturated rings. The van der Waals surface area contributed by atoms with Gasteiger partial charge < -0.3 is 14.8 Å². The Morgan fingerprint density at radius 3 is 1.92 bits per heavy atom. The van der Waals surface area contributed by atoms with Crippen LogP contribution >= 0.6 is 0 Å². The molecule has 0 bridgehead atoms. The molecule has 0 aliphatic heterocycles. The molecule has 9 nitrogen and oxygen atoms in total. The molecule has 192 valence electrons. The number of hydrogen-bond donors (Lipinski definition) is 1. The number of benzene rings is 3. The zero-order valence-electron chi connectivity index (χ0n) is 20.5. The summed E-state index contributed by atoms with van der Waals surface area (Å²) in [6, 6.07) is 16.4. The Balaban J connectivity index is 1.74. The maximum absolute atomic E-state index is 13.1. The van der Waals surface area contributed by atoms with Gasteiger partial charge in [-0.15, -0.1) is 0 Å². The molecular formula is C25H28N2O7S2. The van der Waals surface area contributed by atoms with Gasteiger partial charge in [0.15, 0.2) is 21.3 Å². The maximum Gasteiger partial charge on any atom is 0.264 e. The highest BCUT2D eigenvalue weighted by Gasteiger charge is 2.23. The van der Waals surface area contributed by atoms with Crippen molar-refractivity contribution in [1.29, 1.82) is 0 Å². The van der Waals surface area contributed by atoms with Crippen LogP contribution in [0.1, 0.15) is 28.9 Å². The normalized spacial score (nSPS) is 12.5. The average Bonchev–Trinajstić information content (AvgIpc) is 2.87. The van der Waals surface area contributed by atoms with Gasteiger partial charge in [0.25, 0.3) is 15.9 Å². The van der Waals surface area contributed by atoms with Crippen molar-refractivity contribution >= 4 is 31.5 Å². The molecule has 0 unspecified atom stereocenters. The van der Waals surface area contributed by atoms with E-state index >= 15 is 0 Å². The van der Waals surface area contributed by atoms with Crippen LogP contribution in [0.2, 0.25) is 0 Å². The number of hydrogen-bond acceptors (Lipinski definition) is 7. The lowest BCUT2D eigenvalue weighted by Crippen LogP contribution is -2.28. The Morgan fingerprint density at radius 2 is 1.39 bits per heavy atom. The minimum absolute atomic E-state index is 0.0279. The predicted molar refractivity (Wildman–Crippen MR) is 137 cm³/mol. The van der Waals surface area contributed by atoms with Crippen LogP contribution < -0.4 is 19.1 Å². The monoisotopic (exact) mass is 532 g/mol. The summed E-state index contributed by atoms with van der Waals surface area (Å²) >= 11 is 0. The Bertz CT molecular complexity index is 1450. The number of ether oxygens (including phenoxy) is 2. The van der Waals surface area contributed by atoms with Gasteiger partial charge in [0.2, 0.25) is 0 Å². The molecule has 3 rings (SSSR count). The summed E-state index contributed by atoms with van der Waals surface area (Å²) in [6.07, 6.45) is 1.13. The molecule has 1 atom stereocenters. The van der Waals surface area contributed by atoms with Gasteiger partial charge in [-0.1, -0.05) is 12.1 Å². The molecule has 3 aromatic carbocycles. The summed E-state index contributed by atoms with van der Waals surface area (Å²) in [5.74, 6) is 0.348. The van der Waals surface area contributed by atoms with Crippen molar-refractivity contribution in [3.8, 4) is 11.5 Å². The number of sulfonamides is 1. The average molecular weight is 533 g/mol. The lowest BCUT2D eigenvalue weighted by Gasteiger charge is -2.21. The second kappa shape index (κ2) is 10.6. The standard InChI is InChI=1S/C25H28N2O7S2/c1-17(18-8-12-21(13-9-18)35(5,29)30)26-25(28)19-6-10-20(11-7-19)27(2)36(31,32)22-14-15-23(33-3)24(16-22)34-4/h6-17H,1-5H3,(H,26,28)/t17-/m1/s1. The van der Waals surface area contributed by atoms with E-state index in [1.807, 2.05) is 0 Å². The number of nitrogens with zero attached hydrogens (tertiary/aromatic N) is 1. The van der Waals surface area contributed by atoms with Crippen molar-refractivity contribution in [2.75, 3.05) is 31.8 Å². The number of rotatable bonds is 9. The van der Waals surface area contributed by atoms with E-state index in [-0.39, 0.29) is 21.7 Å². The van der Waals surface area contributed by atoms with E-state index in [4.69, 9.17) is 9.47 Å². The zero-order valence-corrected chi connectivity index (χ0v) is 22.2. The van der Waals surface area contributed by atoms with Gasteiger partial charge in [-0.25, -0.2) is 16.8 Å². The molecule has 0 saturated heterocycles. The second-order valence-corrected chi connectivity index (χ2v) is 12.1. The first kappa shape index (κ1) is 27.0. The summed E-state index contributed by atoms with van der Waals surface area (Å²) in [5.41, 5.74) is 1.45. The molecule has 0 aliphatic rings. The van der Waals surface area contributed by atoms with Gasteiger partial charge in [0, 0.05) is 24.9 Å². The predicted octanol–water partition coefficient (Wildman–Crippen LogP) is 3.42. The van der Waals surface area contributed by atoms with Gasteiger partial charge in [-0.05, 0) is 61.0 Å². The Morgan fingerprint density at radius 1 is 0.833 bits per heavy atom. The van der Waals surface area contributed by atoms with Crippen molar-refractivity contribution in [3.05, 3.63) is 77.9 Å². The zero-order chi connectivity index (χ0) is 26.7. The highest BCUT2D eigenvalue weighted by atomic mass is 32.2. The molecule has 36 heavy (non-hydrogen) atoms. The number of sulfone groups is 1. The van der Waals surface area contributed by atoms with Gasteiger partial charge in [0.1, 0.15) is 0 Å². The highest BCUT2D eigenvalue weighted by molar-refractivity contribution is 7.92. The number of anilines is 1. The molecule has 0 aliphatic carbocycles. The smallest absolute Gasteiger partial charge is 0.264 e. The van der Waals surface area contributed by atoms with Crippen LogP contribution in [0, 0.1) is 0 Å².